The highest BCUT2D eigenvalue weighted by molar-refractivity contribution is 9.10. The molecule has 5 nitrogen and oxygen atoms in total. The summed E-state index contributed by atoms with van der Waals surface area (Å²) in [6.45, 7) is 4.46. The van der Waals surface area contributed by atoms with Crippen molar-refractivity contribution in [3.63, 3.8) is 0 Å². The maximum atomic E-state index is 13.6. The number of nitrogens with zero attached hydrogens (tertiary/aromatic N) is 1. The summed E-state index contributed by atoms with van der Waals surface area (Å²) in [6, 6.07) is 20.5. The number of nitrogens with one attached hydrogen (secondary N) is 1. The van der Waals surface area contributed by atoms with Gasteiger partial charge in [-0.15, -0.1) is 0 Å². The molecule has 0 aliphatic rings. The van der Waals surface area contributed by atoms with Crippen LogP contribution in [0.5, 0.6) is 5.75 Å². The predicted molar refractivity (Wildman–Crippen MR) is 143 cm³/mol. The third-order valence-corrected chi connectivity index (χ3v) is 6.46. The van der Waals surface area contributed by atoms with Crippen LogP contribution in [0.3, 0.4) is 0 Å². The summed E-state index contributed by atoms with van der Waals surface area (Å²) in [7, 11) is 0. The lowest BCUT2D eigenvalue weighted by Crippen LogP contribution is -2.51. The molecule has 3 rings (SSSR count). The zero-order valence-corrected chi connectivity index (χ0v) is 22.3. The van der Waals surface area contributed by atoms with E-state index in [1.807, 2.05) is 55.5 Å². The SMILES string of the molecule is CCCNC(=O)[C@@H](Cc1ccccc1)N(Cc1ccc(F)cc1)C(=O)COc1ccc(CC)cc1Br. The molecule has 190 valence electrons. The number of aryl methyl sites for hydroxylation is 1. The van der Waals surface area contributed by atoms with Gasteiger partial charge >= 0.3 is 0 Å². The van der Waals surface area contributed by atoms with Gasteiger partial charge in [0, 0.05) is 19.5 Å². The Balaban J connectivity index is 1.88. The second kappa shape index (κ2) is 13.8. The fraction of sp³-hybridized carbons (Fsp3) is 0.310. The highest BCUT2D eigenvalue weighted by Gasteiger charge is 2.30. The van der Waals surface area contributed by atoms with E-state index in [4.69, 9.17) is 4.74 Å². The zero-order chi connectivity index (χ0) is 25.9. The molecule has 1 N–H and O–H groups in total. The number of benzene rings is 3. The minimum Gasteiger partial charge on any atom is -0.483 e. The molecule has 0 radical (unpaired) electrons. The maximum Gasteiger partial charge on any atom is 0.261 e. The number of ether oxygens (including phenoxy) is 1. The lowest BCUT2D eigenvalue weighted by molar-refractivity contribution is -0.142. The van der Waals surface area contributed by atoms with Crippen LogP contribution in [0.4, 0.5) is 4.39 Å². The summed E-state index contributed by atoms with van der Waals surface area (Å²) in [6.07, 6.45) is 2.01. The number of carbonyl (C=O) groups is 2. The van der Waals surface area contributed by atoms with Crippen LogP contribution in [-0.2, 0) is 29.0 Å². The number of carbonyl (C=O) groups excluding carboxylic acids is 2. The van der Waals surface area contributed by atoms with Crippen molar-refractivity contribution >= 4 is 27.7 Å². The van der Waals surface area contributed by atoms with E-state index in [2.05, 4.69) is 28.2 Å². The molecular weight excluding hydrogens is 523 g/mol. The smallest absolute Gasteiger partial charge is 0.261 e. The van der Waals surface area contributed by atoms with Crippen LogP contribution in [0.2, 0.25) is 0 Å². The molecule has 0 fully saturated rings. The van der Waals surface area contributed by atoms with Gasteiger partial charge in [-0.3, -0.25) is 9.59 Å². The molecule has 0 aliphatic heterocycles. The summed E-state index contributed by atoms with van der Waals surface area (Å²) >= 11 is 3.51. The molecule has 2 amide bonds. The Morgan fingerprint density at radius 3 is 2.31 bits per heavy atom. The van der Waals surface area contributed by atoms with Gasteiger partial charge in [0.15, 0.2) is 6.61 Å². The molecule has 0 unspecified atom stereocenters. The Labute approximate surface area is 220 Å². The first kappa shape index (κ1) is 27.4. The highest BCUT2D eigenvalue weighted by atomic mass is 79.9. The van der Waals surface area contributed by atoms with E-state index in [0.717, 1.165) is 34.0 Å². The molecule has 0 saturated heterocycles. The van der Waals surface area contributed by atoms with E-state index >= 15 is 0 Å². The molecule has 0 heterocycles. The molecule has 3 aromatic rings. The Bertz CT molecular complexity index is 1140. The molecule has 0 aliphatic carbocycles. The van der Waals surface area contributed by atoms with Gasteiger partial charge in [0.05, 0.1) is 4.47 Å². The third kappa shape index (κ3) is 7.92. The fourth-order valence-corrected chi connectivity index (χ4v) is 4.35. The molecule has 0 spiro atoms. The molecule has 0 aromatic heterocycles. The second-order valence-electron chi connectivity index (χ2n) is 8.55. The van der Waals surface area contributed by atoms with Crippen molar-refractivity contribution in [2.45, 2.75) is 45.7 Å². The van der Waals surface area contributed by atoms with Gasteiger partial charge < -0.3 is 15.0 Å². The Morgan fingerprint density at radius 2 is 1.67 bits per heavy atom. The lowest BCUT2D eigenvalue weighted by atomic mass is 10.0. The average molecular weight is 555 g/mol. The second-order valence-corrected chi connectivity index (χ2v) is 9.41. The minimum atomic E-state index is -0.758. The van der Waals surface area contributed by atoms with Crippen molar-refractivity contribution in [3.8, 4) is 5.75 Å². The summed E-state index contributed by atoms with van der Waals surface area (Å²) in [5.74, 6) is -0.373. The van der Waals surface area contributed by atoms with Crippen molar-refractivity contribution in [2.24, 2.45) is 0 Å². The highest BCUT2D eigenvalue weighted by Crippen LogP contribution is 2.26. The first-order valence-electron chi connectivity index (χ1n) is 12.2. The van der Waals surface area contributed by atoms with E-state index in [9.17, 15) is 14.0 Å². The number of rotatable bonds is 12. The van der Waals surface area contributed by atoms with Gasteiger partial charge in [-0.1, -0.05) is 62.4 Å². The Hall–Kier alpha value is -3.19. The quantitative estimate of drug-likeness (QED) is 0.312. The van der Waals surface area contributed by atoms with E-state index < -0.39 is 6.04 Å². The summed E-state index contributed by atoms with van der Waals surface area (Å²) in [5, 5.41) is 2.94. The summed E-state index contributed by atoms with van der Waals surface area (Å²) in [5.41, 5.74) is 2.80. The lowest BCUT2D eigenvalue weighted by Gasteiger charge is -2.31. The van der Waals surface area contributed by atoms with Gasteiger partial charge in [-0.05, 0) is 69.7 Å². The van der Waals surface area contributed by atoms with Crippen molar-refractivity contribution in [2.75, 3.05) is 13.2 Å². The standard InChI is InChI=1S/C29H32BrFN2O3/c1-3-16-32-29(35)26(18-22-8-6-5-7-9-22)33(19-23-10-13-24(31)14-11-23)28(34)20-36-27-15-12-21(4-2)17-25(27)30/h5-15,17,26H,3-4,16,18-20H2,1-2H3,(H,32,35)/t26-/m1/s1. The minimum absolute atomic E-state index is 0.148. The average Bonchev–Trinajstić information content (AvgIpc) is 2.90. The number of amides is 2. The van der Waals surface area contributed by atoms with E-state index in [0.29, 0.717) is 18.7 Å². The van der Waals surface area contributed by atoms with Crippen molar-refractivity contribution in [3.05, 3.63) is 99.8 Å². The summed E-state index contributed by atoms with van der Waals surface area (Å²) < 4.78 is 20.2. The number of hydrogen-bond acceptors (Lipinski definition) is 3. The van der Waals surface area contributed by atoms with Gasteiger partial charge in [0.1, 0.15) is 17.6 Å². The molecule has 1 atom stereocenters. The largest absolute Gasteiger partial charge is 0.483 e. The Morgan fingerprint density at radius 1 is 0.972 bits per heavy atom. The van der Waals surface area contributed by atoms with Crippen LogP contribution in [0.1, 0.15) is 37.0 Å². The van der Waals surface area contributed by atoms with Gasteiger partial charge in [-0.25, -0.2) is 4.39 Å². The number of hydrogen-bond donors (Lipinski definition) is 1. The van der Waals surface area contributed by atoms with Crippen LogP contribution in [0.15, 0.2) is 77.3 Å². The van der Waals surface area contributed by atoms with Crippen LogP contribution >= 0.6 is 15.9 Å². The third-order valence-electron chi connectivity index (χ3n) is 5.84. The van der Waals surface area contributed by atoms with E-state index in [-0.39, 0.29) is 30.8 Å². The van der Waals surface area contributed by atoms with Crippen LogP contribution in [0, 0.1) is 5.82 Å². The monoisotopic (exact) mass is 554 g/mol. The van der Waals surface area contributed by atoms with E-state index in [1.165, 1.54) is 17.0 Å². The van der Waals surface area contributed by atoms with Crippen LogP contribution in [-0.4, -0.2) is 35.9 Å². The zero-order valence-electron chi connectivity index (χ0n) is 20.7. The topological polar surface area (TPSA) is 58.6 Å². The van der Waals surface area contributed by atoms with Crippen LogP contribution < -0.4 is 10.1 Å². The number of halogens is 2. The van der Waals surface area contributed by atoms with Crippen molar-refractivity contribution < 1.29 is 18.7 Å². The Kier molecular flexibility index (Phi) is 10.5. The van der Waals surface area contributed by atoms with Crippen molar-refractivity contribution in [1.82, 2.24) is 10.2 Å². The van der Waals surface area contributed by atoms with Gasteiger partial charge in [0.25, 0.3) is 5.91 Å². The molecule has 0 bridgehead atoms. The van der Waals surface area contributed by atoms with E-state index in [1.54, 1.807) is 12.1 Å². The van der Waals surface area contributed by atoms with Gasteiger partial charge in [-0.2, -0.15) is 0 Å². The van der Waals surface area contributed by atoms with Crippen LogP contribution in [0.25, 0.3) is 0 Å². The van der Waals surface area contributed by atoms with Crippen molar-refractivity contribution in [1.29, 1.82) is 0 Å². The molecular formula is C29H32BrFN2O3. The molecule has 7 heteroatoms. The molecule has 0 saturated carbocycles. The fourth-order valence-electron chi connectivity index (χ4n) is 3.81. The molecule has 3 aromatic carbocycles. The first-order chi connectivity index (χ1) is 17.4. The molecule has 36 heavy (non-hydrogen) atoms. The normalized spacial score (nSPS) is 11.6. The van der Waals surface area contributed by atoms with Gasteiger partial charge in [0.2, 0.25) is 5.91 Å². The first-order valence-corrected chi connectivity index (χ1v) is 13.0. The maximum absolute atomic E-state index is 13.6. The predicted octanol–water partition coefficient (Wildman–Crippen LogP) is 5.70. The summed E-state index contributed by atoms with van der Waals surface area (Å²) in [4.78, 5) is 28.4.